The molecule has 0 aliphatic heterocycles. The number of thiazole rings is 1. The third-order valence-electron chi connectivity index (χ3n) is 4.39. The van der Waals surface area contributed by atoms with Crippen LogP contribution in [-0.2, 0) is 13.1 Å². The molecule has 0 saturated heterocycles. The zero-order chi connectivity index (χ0) is 16.5. The van der Waals surface area contributed by atoms with Crippen molar-refractivity contribution >= 4 is 16.3 Å². The highest BCUT2D eigenvalue weighted by molar-refractivity contribution is 7.15. The SMILES string of the molecule is CN(Cc1cc(=O)n2ccsc2n1)Cc1noc(C2CCCC2)n1. The second-order valence-electron chi connectivity index (χ2n) is 6.34. The van der Waals surface area contributed by atoms with Gasteiger partial charge in [0.1, 0.15) is 0 Å². The third kappa shape index (κ3) is 3.11. The molecule has 1 aliphatic rings. The lowest BCUT2D eigenvalue weighted by Gasteiger charge is -2.13. The Labute approximate surface area is 142 Å². The quantitative estimate of drug-likeness (QED) is 0.707. The molecular formula is C16H19N5O2S. The first-order valence-electron chi connectivity index (χ1n) is 8.16. The zero-order valence-electron chi connectivity index (χ0n) is 13.5. The van der Waals surface area contributed by atoms with E-state index in [-0.39, 0.29) is 5.56 Å². The van der Waals surface area contributed by atoms with Gasteiger partial charge in [0.05, 0.1) is 12.2 Å². The smallest absolute Gasteiger partial charge is 0.258 e. The summed E-state index contributed by atoms with van der Waals surface area (Å²) in [4.78, 5) is 23.8. The lowest BCUT2D eigenvalue weighted by molar-refractivity contribution is 0.295. The van der Waals surface area contributed by atoms with E-state index in [4.69, 9.17) is 4.52 Å². The van der Waals surface area contributed by atoms with Crippen molar-refractivity contribution in [1.82, 2.24) is 24.4 Å². The van der Waals surface area contributed by atoms with Gasteiger partial charge in [0.25, 0.3) is 5.56 Å². The van der Waals surface area contributed by atoms with Crippen LogP contribution in [0.3, 0.4) is 0 Å². The minimum atomic E-state index is -0.0484. The molecule has 0 atom stereocenters. The molecule has 0 aromatic carbocycles. The molecule has 8 heteroatoms. The van der Waals surface area contributed by atoms with Crippen LogP contribution in [-0.4, -0.2) is 31.5 Å². The summed E-state index contributed by atoms with van der Waals surface area (Å²) in [7, 11) is 1.96. The van der Waals surface area contributed by atoms with Gasteiger partial charge < -0.3 is 4.52 Å². The molecule has 0 unspecified atom stereocenters. The van der Waals surface area contributed by atoms with E-state index in [1.54, 1.807) is 16.7 Å². The van der Waals surface area contributed by atoms with Crippen molar-refractivity contribution in [2.75, 3.05) is 7.05 Å². The Morgan fingerprint density at radius 2 is 2.17 bits per heavy atom. The molecule has 7 nitrogen and oxygen atoms in total. The highest BCUT2D eigenvalue weighted by atomic mass is 32.1. The van der Waals surface area contributed by atoms with Gasteiger partial charge in [-0.15, -0.1) is 11.3 Å². The summed E-state index contributed by atoms with van der Waals surface area (Å²) < 4.78 is 6.97. The van der Waals surface area contributed by atoms with E-state index < -0.39 is 0 Å². The van der Waals surface area contributed by atoms with E-state index in [2.05, 4.69) is 15.1 Å². The molecule has 24 heavy (non-hydrogen) atoms. The first-order chi connectivity index (χ1) is 11.7. The monoisotopic (exact) mass is 345 g/mol. The van der Waals surface area contributed by atoms with Gasteiger partial charge in [0.2, 0.25) is 5.89 Å². The van der Waals surface area contributed by atoms with Gasteiger partial charge >= 0.3 is 0 Å². The normalized spacial score (nSPS) is 15.8. The fourth-order valence-corrected chi connectivity index (χ4v) is 3.95. The van der Waals surface area contributed by atoms with Gasteiger partial charge in [0, 0.05) is 30.1 Å². The number of hydrogen-bond acceptors (Lipinski definition) is 7. The molecule has 3 aromatic heterocycles. The van der Waals surface area contributed by atoms with Gasteiger partial charge in [0.15, 0.2) is 10.8 Å². The molecule has 0 amide bonds. The molecule has 4 rings (SSSR count). The topological polar surface area (TPSA) is 76.5 Å². The van der Waals surface area contributed by atoms with E-state index in [0.717, 1.165) is 24.4 Å². The second-order valence-corrected chi connectivity index (χ2v) is 7.22. The molecular weight excluding hydrogens is 326 g/mol. The summed E-state index contributed by atoms with van der Waals surface area (Å²) in [6.45, 7) is 1.14. The highest BCUT2D eigenvalue weighted by Gasteiger charge is 2.23. The first kappa shape index (κ1) is 15.5. The molecule has 1 saturated carbocycles. The fraction of sp³-hybridized carbons (Fsp3) is 0.500. The lowest BCUT2D eigenvalue weighted by Crippen LogP contribution is -2.21. The number of hydrogen-bond donors (Lipinski definition) is 0. The van der Waals surface area contributed by atoms with E-state index in [1.807, 2.05) is 17.3 Å². The Kier molecular flexibility index (Phi) is 4.15. The molecule has 1 aliphatic carbocycles. The van der Waals surface area contributed by atoms with Crippen LogP contribution in [0.4, 0.5) is 0 Å². The maximum absolute atomic E-state index is 12.0. The largest absolute Gasteiger partial charge is 0.339 e. The summed E-state index contributed by atoms with van der Waals surface area (Å²) in [5.74, 6) is 1.89. The summed E-state index contributed by atoms with van der Waals surface area (Å²) in [6.07, 6.45) is 6.52. The molecule has 3 heterocycles. The summed E-state index contributed by atoms with van der Waals surface area (Å²) >= 11 is 1.46. The molecule has 3 aromatic rings. The predicted octanol–water partition coefficient (Wildman–Crippen LogP) is 2.43. The average Bonchev–Trinajstić information content (AvgIpc) is 3.28. The van der Waals surface area contributed by atoms with Crippen molar-refractivity contribution in [3.63, 3.8) is 0 Å². The van der Waals surface area contributed by atoms with Crippen LogP contribution in [0, 0.1) is 0 Å². The van der Waals surface area contributed by atoms with E-state index in [9.17, 15) is 4.79 Å². The Bertz CT molecular complexity index is 893. The standard InChI is InChI=1S/C16H19N5O2S/c1-20(9-12-8-14(22)21-6-7-24-16(21)17-12)10-13-18-15(23-19-13)11-4-2-3-5-11/h6-8,11H,2-5,9-10H2,1H3. The van der Waals surface area contributed by atoms with Crippen molar-refractivity contribution in [2.24, 2.45) is 0 Å². The predicted molar refractivity (Wildman–Crippen MR) is 90.0 cm³/mol. The summed E-state index contributed by atoms with van der Waals surface area (Å²) in [5, 5.41) is 5.95. The summed E-state index contributed by atoms with van der Waals surface area (Å²) in [6, 6.07) is 1.58. The third-order valence-corrected chi connectivity index (χ3v) is 5.14. The average molecular weight is 345 g/mol. The molecule has 126 valence electrons. The van der Waals surface area contributed by atoms with Crippen molar-refractivity contribution in [2.45, 2.75) is 44.7 Å². The molecule has 1 fully saturated rings. The van der Waals surface area contributed by atoms with Gasteiger partial charge in [-0.2, -0.15) is 4.98 Å². The van der Waals surface area contributed by atoms with Crippen molar-refractivity contribution in [3.05, 3.63) is 45.4 Å². The molecule has 0 spiro atoms. The lowest BCUT2D eigenvalue weighted by atomic mass is 10.1. The van der Waals surface area contributed by atoms with E-state index in [0.29, 0.717) is 29.8 Å². The molecule has 0 bridgehead atoms. The Balaban J connectivity index is 1.43. The minimum absolute atomic E-state index is 0.0484. The van der Waals surface area contributed by atoms with E-state index >= 15 is 0 Å². The van der Waals surface area contributed by atoms with Gasteiger partial charge in [-0.3, -0.25) is 14.1 Å². The fourth-order valence-electron chi connectivity index (χ4n) is 3.21. The zero-order valence-corrected chi connectivity index (χ0v) is 14.3. The van der Waals surface area contributed by atoms with Crippen LogP contribution < -0.4 is 5.56 Å². The Morgan fingerprint density at radius 1 is 1.33 bits per heavy atom. The Morgan fingerprint density at radius 3 is 3.00 bits per heavy atom. The van der Waals surface area contributed by atoms with Crippen LogP contribution >= 0.6 is 11.3 Å². The van der Waals surface area contributed by atoms with Crippen molar-refractivity contribution in [1.29, 1.82) is 0 Å². The molecule has 0 radical (unpaired) electrons. The summed E-state index contributed by atoms with van der Waals surface area (Å²) in [5.41, 5.74) is 0.706. The van der Waals surface area contributed by atoms with Gasteiger partial charge in [-0.05, 0) is 19.9 Å². The second kappa shape index (κ2) is 6.45. The van der Waals surface area contributed by atoms with Crippen LogP contribution in [0.2, 0.25) is 0 Å². The van der Waals surface area contributed by atoms with Crippen LogP contribution in [0.1, 0.15) is 49.0 Å². The van der Waals surface area contributed by atoms with Crippen LogP contribution in [0.15, 0.2) is 27.0 Å². The maximum atomic E-state index is 12.0. The van der Waals surface area contributed by atoms with Gasteiger partial charge in [-0.25, -0.2) is 4.98 Å². The van der Waals surface area contributed by atoms with Crippen LogP contribution in [0.5, 0.6) is 0 Å². The number of rotatable bonds is 5. The first-order valence-corrected chi connectivity index (χ1v) is 9.04. The highest BCUT2D eigenvalue weighted by Crippen LogP contribution is 2.32. The van der Waals surface area contributed by atoms with Crippen molar-refractivity contribution < 1.29 is 4.52 Å². The van der Waals surface area contributed by atoms with Crippen molar-refractivity contribution in [3.8, 4) is 0 Å². The van der Waals surface area contributed by atoms with Gasteiger partial charge in [-0.1, -0.05) is 18.0 Å². The molecule has 0 N–H and O–H groups in total. The minimum Gasteiger partial charge on any atom is -0.339 e. The number of nitrogens with zero attached hydrogens (tertiary/aromatic N) is 5. The number of fused-ring (bicyclic) bond motifs is 1. The van der Waals surface area contributed by atoms with E-state index in [1.165, 1.54) is 24.2 Å². The van der Waals surface area contributed by atoms with Crippen LogP contribution in [0.25, 0.3) is 4.96 Å². The number of aromatic nitrogens is 4. The Hall–Kier alpha value is -2.06. The maximum Gasteiger partial charge on any atom is 0.258 e.